The second-order valence-corrected chi connectivity index (χ2v) is 7.55. The van der Waals surface area contributed by atoms with E-state index in [0.717, 1.165) is 18.2 Å². The van der Waals surface area contributed by atoms with Crippen molar-refractivity contribution in [1.29, 1.82) is 0 Å². The highest BCUT2D eigenvalue weighted by Gasteiger charge is 2.19. The number of nitrogens with zero attached hydrogens (tertiary/aromatic N) is 4. The summed E-state index contributed by atoms with van der Waals surface area (Å²) in [6.07, 6.45) is 0. The van der Waals surface area contributed by atoms with Crippen molar-refractivity contribution in [2.45, 2.75) is 18.7 Å². The van der Waals surface area contributed by atoms with Gasteiger partial charge in [0.2, 0.25) is 10.0 Å². The van der Waals surface area contributed by atoms with Gasteiger partial charge in [-0.05, 0) is 53.7 Å². The molecule has 0 aliphatic carbocycles. The third-order valence-corrected chi connectivity index (χ3v) is 5.34. The molecule has 0 aliphatic heterocycles. The van der Waals surface area contributed by atoms with Gasteiger partial charge in [0.1, 0.15) is 5.82 Å². The van der Waals surface area contributed by atoms with E-state index in [1.807, 2.05) is 0 Å². The number of tetrazole rings is 1. The Bertz CT molecular complexity index is 1130. The number of anilines is 1. The summed E-state index contributed by atoms with van der Waals surface area (Å²) in [5.74, 6) is -1.06. The lowest BCUT2D eigenvalue weighted by molar-refractivity contribution is 0.102. The molecule has 28 heavy (non-hydrogen) atoms. The van der Waals surface area contributed by atoms with Crippen LogP contribution in [0.25, 0.3) is 5.69 Å². The zero-order valence-corrected chi connectivity index (χ0v) is 15.9. The fourth-order valence-corrected chi connectivity index (χ4v) is 3.57. The largest absolute Gasteiger partial charge is 0.322 e. The summed E-state index contributed by atoms with van der Waals surface area (Å²) in [6.45, 7) is 3.51. The van der Waals surface area contributed by atoms with Crippen molar-refractivity contribution in [3.05, 3.63) is 59.7 Å². The molecule has 3 aromatic rings. The van der Waals surface area contributed by atoms with Crippen LogP contribution in [0.3, 0.4) is 0 Å². The van der Waals surface area contributed by atoms with E-state index in [2.05, 4.69) is 25.6 Å². The van der Waals surface area contributed by atoms with E-state index in [1.165, 1.54) is 4.68 Å². The Morgan fingerprint density at radius 1 is 1.21 bits per heavy atom. The highest BCUT2D eigenvalue weighted by Crippen LogP contribution is 2.19. The first-order valence-electron chi connectivity index (χ1n) is 8.28. The topological polar surface area (TPSA) is 119 Å². The minimum atomic E-state index is -3.82. The number of hydrogen-bond acceptors (Lipinski definition) is 6. The summed E-state index contributed by atoms with van der Waals surface area (Å²) in [5, 5.41) is 13.8. The number of aromatic nitrogens is 4. The van der Waals surface area contributed by atoms with Gasteiger partial charge in [-0.3, -0.25) is 4.79 Å². The highest BCUT2D eigenvalue weighted by atomic mass is 32.2. The van der Waals surface area contributed by atoms with Crippen molar-refractivity contribution in [1.82, 2.24) is 24.9 Å². The molecule has 0 unspecified atom stereocenters. The Morgan fingerprint density at radius 2 is 2.00 bits per heavy atom. The number of sulfonamides is 1. The first-order chi connectivity index (χ1) is 13.3. The van der Waals surface area contributed by atoms with E-state index < -0.39 is 21.7 Å². The van der Waals surface area contributed by atoms with Gasteiger partial charge >= 0.3 is 0 Å². The molecule has 3 rings (SSSR count). The molecule has 9 nitrogen and oxygen atoms in total. The number of carbonyl (C=O) groups excluding carboxylic acids is 1. The smallest absolute Gasteiger partial charge is 0.258 e. The molecule has 0 fully saturated rings. The van der Waals surface area contributed by atoms with Gasteiger partial charge in [0, 0.05) is 12.2 Å². The predicted octanol–water partition coefficient (Wildman–Crippen LogP) is 1.66. The van der Waals surface area contributed by atoms with Crippen LogP contribution in [0, 0.1) is 12.7 Å². The van der Waals surface area contributed by atoms with E-state index >= 15 is 0 Å². The predicted molar refractivity (Wildman–Crippen MR) is 99.1 cm³/mol. The van der Waals surface area contributed by atoms with Crippen molar-refractivity contribution in [2.75, 3.05) is 11.9 Å². The van der Waals surface area contributed by atoms with Crippen LogP contribution in [0.2, 0.25) is 0 Å². The molecule has 0 spiro atoms. The van der Waals surface area contributed by atoms with E-state index in [-0.39, 0.29) is 17.0 Å². The van der Waals surface area contributed by atoms with E-state index in [0.29, 0.717) is 17.2 Å². The molecule has 0 saturated carbocycles. The molecule has 0 atom stereocenters. The molecule has 0 aliphatic rings. The van der Waals surface area contributed by atoms with Crippen molar-refractivity contribution < 1.29 is 17.6 Å². The lowest BCUT2D eigenvalue weighted by Gasteiger charge is -2.10. The molecule has 1 heterocycles. The Morgan fingerprint density at radius 3 is 2.68 bits per heavy atom. The second kappa shape index (κ2) is 7.82. The number of rotatable bonds is 6. The number of hydrogen-bond donors (Lipinski definition) is 2. The monoisotopic (exact) mass is 404 g/mol. The molecule has 1 aromatic heterocycles. The average Bonchev–Trinajstić information content (AvgIpc) is 3.08. The third kappa shape index (κ3) is 4.05. The van der Waals surface area contributed by atoms with Crippen molar-refractivity contribution >= 4 is 21.6 Å². The van der Waals surface area contributed by atoms with Gasteiger partial charge in [-0.2, -0.15) is 4.68 Å². The Labute approximate surface area is 160 Å². The fourth-order valence-electron chi connectivity index (χ4n) is 2.50. The molecule has 0 bridgehead atoms. The molecule has 0 saturated heterocycles. The first-order valence-corrected chi connectivity index (χ1v) is 9.76. The standard InChI is InChI=1S/C17H17FN6O3S/c1-3-19-28(26,27)14-7-8-16(18)15(10-14)17(25)20-12-5-4-6-13(9-12)24-11(2)21-22-23-24/h4-10,19H,3H2,1-2H3,(H,20,25). The summed E-state index contributed by atoms with van der Waals surface area (Å²) in [6, 6.07) is 9.68. The summed E-state index contributed by atoms with van der Waals surface area (Å²) >= 11 is 0. The van der Waals surface area contributed by atoms with Crippen LogP contribution in [0.5, 0.6) is 0 Å². The number of halogens is 1. The minimum Gasteiger partial charge on any atom is -0.322 e. The van der Waals surface area contributed by atoms with Crippen LogP contribution < -0.4 is 10.0 Å². The van der Waals surface area contributed by atoms with E-state index in [4.69, 9.17) is 0 Å². The summed E-state index contributed by atoms with van der Waals surface area (Å²) in [7, 11) is -3.82. The third-order valence-electron chi connectivity index (χ3n) is 3.80. The maximum atomic E-state index is 14.1. The van der Waals surface area contributed by atoms with Crippen LogP contribution in [0.15, 0.2) is 47.4 Å². The van der Waals surface area contributed by atoms with Crippen LogP contribution in [-0.4, -0.2) is 41.1 Å². The Kier molecular flexibility index (Phi) is 5.47. The zero-order valence-electron chi connectivity index (χ0n) is 15.0. The second-order valence-electron chi connectivity index (χ2n) is 5.79. The maximum absolute atomic E-state index is 14.1. The lowest BCUT2D eigenvalue weighted by Crippen LogP contribution is -2.24. The van der Waals surface area contributed by atoms with Crippen LogP contribution >= 0.6 is 0 Å². The van der Waals surface area contributed by atoms with Gasteiger partial charge in [-0.25, -0.2) is 17.5 Å². The molecule has 2 N–H and O–H groups in total. The highest BCUT2D eigenvalue weighted by molar-refractivity contribution is 7.89. The first kappa shape index (κ1) is 19.6. The van der Waals surface area contributed by atoms with Gasteiger partial charge in [0.25, 0.3) is 5.91 Å². The van der Waals surface area contributed by atoms with Gasteiger partial charge in [-0.1, -0.05) is 13.0 Å². The SMILES string of the molecule is CCNS(=O)(=O)c1ccc(F)c(C(=O)Nc2cccc(-n3nnnc3C)c2)c1. The quantitative estimate of drug-likeness (QED) is 0.645. The van der Waals surface area contributed by atoms with Crippen LogP contribution in [0.1, 0.15) is 23.1 Å². The lowest BCUT2D eigenvalue weighted by atomic mass is 10.2. The van der Waals surface area contributed by atoms with Gasteiger partial charge < -0.3 is 5.32 Å². The molecule has 146 valence electrons. The molecular weight excluding hydrogens is 387 g/mol. The summed E-state index contributed by atoms with van der Waals surface area (Å²) < 4.78 is 42.1. The van der Waals surface area contributed by atoms with Crippen molar-refractivity contribution in [3.63, 3.8) is 0 Å². The molecule has 11 heteroatoms. The Hall–Kier alpha value is -3.18. The number of nitrogens with one attached hydrogen (secondary N) is 2. The summed E-state index contributed by atoms with van der Waals surface area (Å²) in [5.41, 5.74) is 0.587. The summed E-state index contributed by atoms with van der Waals surface area (Å²) in [4.78, 5) is 12.3. The Balaban J connectivity index is 1.89. The molecule has 1 amide bonds. The van der Waals surface area contributed by atoms with E-state index in [1.54, 1.807) is 38.1 Å². The van der Waals surface area contributed by atoms with Crippen LogP contribution in [-0.2, 0) is 10.0 Å². The minimum absolute atomic E-state index is 0.171. The van der Waals surface area contributed by atoms with Crippen LogP contribution in [0.4, 0.5) is 10.1 Å². The average molecular weight is 404 g/mol. The van der Waals surface area contributed by atoms with Gasteiger partial charge in [0.05, 0.1) is 16.1 Å². The van der Waals surface area contributed by atoms with E-state index in [9.17, 15) is 17.6 Å². The number of benzene rings is 2. The van der Waals surface area contributed by atoms with Gasteiger partial charge in [-0.15, -0.1) is 5.10 Å². The molecule has 0 radical (unpaired) electrons. The fraction of sp³-hybridized carbons (Fsp3) is 0.176. The molecule has 2 aromatic carbocycles. The van der Waals surface area contributed by atoms with Crippen molar-refractivity contribution in [3.8, 4) is 5.69 Å². The number of amides is 1. The van der Waals surface area contributed by atoms with Crippen molar-refractivity contribution in [2.24, 2.45) is 0 Å². The maximum Gasteiger partial charge on any atom is 0.258 e. The zero-order chi connectivity index (χ0) is 20.3. The number of carbonyl (C=O) groups is 1. The number of aryl methyl sites for hydroxylation is 1. The normalized spacial score (nSPS) is 11.4. The van der Waals surface area contributed by atoms with Gasteiger partial charge in [0.15, 0.2) is 5.82 Å². The molecular formula is C17H17FN6O3S.